The van der Waals surface area contributed by atoms with Gasteiger partial charge in [0.2, 0.25) is 17.7 Å². The highest BCUT2D eigenvalue weighted by atomic mass is 16.4. The molecule has 12 nitrogen and oxygen atoms in total. The van der Waals surface area contributed by atoms with Crippen molar-refractivity contribution >= 4 is 29.7 Å². The van der Waals surface area contributed by atoms with Gasteiger partial charge in [-0.25, -0.2) is 4.79 Å². The van der Waals surface area contributed by atoms with Crippen LogP contribution in [0.25, 0.3) is 0 Å². The lowest BCUT2D eigenvalue weighted by Crippen LogP contribution is -2.58. The van der Waals surface area contributed by atoms with E-state index in [2.05, 4.69) is 10.6 Å². The van der Waals surface area contributed by atoms with Crippen LogP contribution in [-0.2, 0) is 30.4 Å². The number of hydrogen-bond acceptors (Lipinski definition) is 7. The standard InChI is InChI=1S/C25H36N4O8/c1-14(2)12-18(27-22(33)17(26)9-10-21(31)32)23(34)28-19(13-15-5-7-16(30)8-6-15)24(35)29-11-3-4-20(29)25(36)37/h5-8,14,17-20,30H,3-4,9-13,26H2,1-2H3,(H,27,33)(H,28,34)(H,31,32)(H,36,37). The van der Waals surface area contributed by atoms with Crippen molar-refractivity contribution < 1.29 is 39.3 Å². The van der Waals surface area contributed by atoms with E-state index < -0.39 is 53.8 Å². The van der Waals surface area contributed by atoms with Crippen molar-refractivity contribution in [3.05, 3.63) is 29.8 Å². The van der Waals surface area contributed by atoms with Gasteiger partial charge in [0, 0.05) is 19.4 Å². The topological polar surface area (TPSA) is 199 Å². The summed E-state index contributed by atoms with van der Waals surface area (Å²) < 4.78 is 0. The number of nitrogens with zero attached hydrogens (tertiary/aromatic N) is 1. The smallest absolute Gasteiger partial charge is 0.326 e. The molecule has 204 valence electrons. The Kier molecular flexibility index (Phi) is 10.9. The Morgan fingerprint density at radius 2 is 1.65 bits per heavy atom. The van der Waals surface area contributed by atoms with Gasteiger partial charge < -0.3 is 36.6 Å². The van der Waals surface area contributed by atoms with E-state index in [1.807, 2.05) is 13.8 Å². The highest BCUT2D eigenvalue weighted by molar-refractivity contribution is 5.94. The third kappa shape index (κ3) is 9.05. The number of carbonyl (C=O) groups is 5. The average Bonchev–Trinajstić information content (AvgIpc) is 3.32. The van der Waals surface area contributed by atoms with Crippen molar-refractivity contribution in [1.82, 2.24) is 15.5 Å². The normalized spacial score (nSPS) is 17.6. The van der Waals surface area contributed by atoms with Gasteiger partial charge >= 0.3 is 11.9 Å². The number of phenolic OH excluding ortho intramolecular Hbond substituents is 1. The lowest BCUT2D eigenvalue weighted by molar-refractivity contribution is -0.149. The lowest BCUT2D eigenvalue weighted by Gasteiger charge is -2.29. The van der Waals surface area contributed by atoms with Crippen LogP contribution in [0.2, 0.25) is 0 Å². The van der Waals surface area contributed by atoms with Crippen LogP contribution in [0.15, 0.2) is 24.3 Å². The van der Waals surface area contributed by atoms with Crippen LogP contribution in [0.3, 0.4) is 0 Å². The van der Waals surface area contributed by atoms with Gasteiger partial charge in [-0.3, -0.25) is 19.2 Å². The summed E-state index contributed by atoms with van der Waals surface area (Å²) in [6.45, 7) is 3.93. The average molecular weight is 521 g/mol. The van der Waals surface area contributed by atoms with Gasteiger partial charge in [-0.2, -0.15) is 0 Å². The first-order valence-corrected chi connectivity index (χ1v) is 12.3. The molecule has 1 aromatic rings. The van der Waals surface area contributed by atoms with E-state index in [-0.39, 0.29) is 43.9 Å². The maximum absolute atomic E-state index is 13.4. The Hall–Kier alpha value is -3.67. The zero-order valence-corrected chi connectivity index (χ0v) is 21.1. The first-order chi connectivity index (χ1) is 17.4. The summed E-state index contributed by atoms with van der Waals surface area (Å²) in [5.74, 6) is -4.10. The van der Waals surface area contributed by atoms with Crippen LogP contribution in [0.5, 0.6) is 5.75 Å². The number of aliphatic carboxylic acids is 2. The Balaban J connectivity index is 2.24. The van der Waals surface area contributed by atoms with Gasteiger partial charge in [0.15, 0.2) is 0 Å². The number of phenols is 1. The van der Waals surface area contributed by atoms with Crippen molar-refractivity contribution in [2.24, 2.45) is 11.7 Å². The Morgan fingerprint density at radius 3 is 2.22 bits per heavy atom. The van der Waals surface area contributed by atoms with Crippen molar-refractivity contribution in [2.75, 3.05) is 6.54 Å². The molecule has 0 aliphatic carbocycles. The molecule has 1 aromatic carbocycles. The minimum atomic E-state index is -1.13. The number of hydrogen-bond donors (Lipinski definition) is 6. The first kappa shape index (κ1) is 29.6. The van der Waals surface area contributed by atoms with Crippen molar-refractivity contribution in [3.63, 3.8) is 0 Å². The van der Waals surface area contributed by atoms with E-state index in [4.69, 9.17) is 10.8 Å². The number of likely N-dealkylation sites (tertiary alicyclic amines) is 1. The van der Waals surface area contributed by atoms with Crippen molar-refractivity contribution in [2.45, 2.75) is 76.5 Å². The highest BCUT2D eigenvalue weighted by Gasteiger charge is 2.38. The van der Waals surface area contributed by atoms with E-state index in [1.54, 1.807) is 12.1 Å². The van der Waals surface area contributed by atoms with Gasteiger partial charge in [0.25, 0.3) is 0 Å². The highest BCUT2D eigenvalue weighted by Crippen LogP contribution is 2.20. The largest absolute Gasteiger partial charge is 0.508 e. The fourth-order valence-electron chi connectivity index (χ4n) is 4.22. The molecule has 1 fully saturated rings. The summed E-state index contributed by atoms with van der Waals surface area (Å²) >= 11 is 0. The Morgan fingerprint density at radius 1 is 1.03 bits per heavy atom. The Labute approximate surface area is 215 Å². The third-order valence-corrected chi connectivity index (χ3v) is 6.16. The maximum atomic E-state index is 13.4. The molecular weight excluding hydrogens is 484 g/mol. The molecule has 37 heavy (non-hydrogen) atoms. The predicted octanol–water partition coefficient (Wildman–Crippen LogP) is 0.218. The number of carboxylic acid groups (broad SMARTS) is 2. The molecule has 2 rings (SSSR count). The second-order valence-corrected chi connectivity index (χ2v) is 9.69. The molecule has 4 atom stereocenters. The minimum absolute atomic E-state index is 0.0208. The van der Waals surface area contributed by atoms with E-state index >= 15 is 0 Å². The van der Waals surface area contributed by atoms with Gasteiger partial charge in [0.1, 0.15) is 23.9 Å². The zero-order chi connectivity index (χ0) is 27.7. The number of nitrogens with two attached hydrogens (primary N) is 1. The van der Waals surface area contributed by atoms with Crippen LogP contribution < -0.4 is 16.4 Å². The van der Waals surface area contributed by atoms with E-state index in [1.165, 1.54) is 17.0 Å². The second kappa shape index (κ2) is 13.6. The summed E-state index contributed by atoms with van der Waals surface area (Å²) in [7, 11) is 0. The van der Waals surface area contributed by atoms with Crippen LogP contribution in [0.1, 0.15) is 51.5 Å². The lowest BCUT2D eigenvalue weighted by atomic mass is 10.00. The summed E-state index contributed by atoms with van der Waals surface area (Å²) in [5.41, 5.74) is 6.42. The second-order valence-electron chi connectivity index (χ2n) is 9.69. The van der Waals surface area contributed by atoms with Gasteiger partial charge in [0.05, 0.1) is 6.04 Å². The fourth-order valence-corrected chi connectivity index (χ4v) is 4.22. The molecule has 12 heteroatoms. The molecule has 0 saturated carbocycles. The molecular formula is C25H36N4O8. The zero-order valence-electron chi connectivity index (χ0n) is 21.1. The Bertz CT molecular complexity index is 981. The predicted molar refractivity (Wildman–Crippen MR) is 132 cm³/mol. The van der Waals surface area contributed by atoms with Gasteiger partial charge in [-0.15, -0.1) is 0 Å². The number of benzene rings is 1. The van der Waals surface area contributed by atoms with Gasteiger partial charge in [-0.05, 0) is 49.3 Å². The number of carbonyl (C=O) groups excluding carboxylic acids is 3. The van der Waals surface area contributed by atoms with Crippen LogP contribution in [0, 0.1) is 5.92 Å². The molecule has 3 amide bonds. The number of amides is 3. The molecule has 7 N–H and O–H groups in total. The fraction of sp³-hybridized carbons (Fsp3) is 0.560. The number of aromatic hydroxyl groups is 1. The number of nitrogens with one attached hydrogen (secondary N) is 2. The van der Waals surface area contributed by atoms with Crippen LogP contribution in [0.4, 0.5) is 0 Å². The summed E-state index contributed by atoms with van der Waals surface area (Å²) in [4.78, 5) is 63.0. The SMILES string of the molecule is CC(C)CC(NC(=O)C(N)CCC(=O)O)C(=O)NC(Cc1ccc(O)cc1)C(=O)N1CCCC1C(=O)O. The maximum Gasteiger partial charge on any atom is 0.326 e. The monoisotopic (exact) mass is 520 g/mol. The van der Waals surface area contributed by atoms with Crippen molar-refractivity contribution in [3.8, 4) is 5.75 Å². The van der Waals surface area contributed by atoms with Crippen molar-refractivity contribution in [1.29, 1.82) is 0 Å². The van der Waals surface area contributed by atoms with Gasteiger partial charge in [-0.1, -0.05) is 26.0 Å². The van der Waals surface area contributed by atoms with Crippen LogP contribution in [-0.4, -0.2) is 80.6 Å². The van der Waals surface area contributed by atoms with E-state index in [0.717, 1.165) is 0 Å². The molecule has 4 unspecified atom stereocenters. The van der Waals surface area contributed by atoms with E-state index in [9.17, 15) is 34.2 Å². The molecule has 1 aliphatic rings. The van der Waals surface area contributed by atoms with E-state index in [0.29, 0.717) is 18.4 Å². The molecule has 1 heterocycles. The third-order valence-electron chi connectivity index (χ3n) is 6.16. The minimum Gasteiger partial charge on any atom is -0.508 e. The number of carboxylic acids is 2. The molecule has 0 radical (unpaired) electrons. The summed E-state index contributed by atoms with van der Waals surface area (Å²) in [6, 6.07) is 1.77. The quantitative estimate of drug-likeness (QED) is 0.210. The summed E-state index contributed by atoms with van der Waals surface area (Å²) in [6.07, 6.45) is 0.674. The van der Waals surface area contributed by atoms with Crippen LogP contribution >= 0.6 is 0 Å². The molecule has 0 bridgehead atoms. The summed E-state index contributed by atoms with van der Waals surface area (Å²) in [5, 5.41) is 33.2. The molecule has 0 spiro atoms. The number of rotatable bonds is 13. The molecule has 1 saturated heterocycles. The first-order valence-electron chi connectivity index (χ1n) is 12.3. The molecule has 0 aromatic heterocycles. The molecule has 1 aliphatic heterocycles.